The Morgan fingerprint density at radius 1 is 1.23 bits per heavy atom. The van der Waals surface area contributed by atoms with Crippen molar-refractivity contribution in [3.05, 3.63) is 0 Å². The molecule has 4 aliphatic carbocycles. The highest BCUT2D eigenvalue weighted by Gasteiger charge is 2.80. The van der Waals surface area contributed by atoms with Gasteiger partial charge in [0.1, 0.15) is 0 Å². The molecule has 4 aliphatic rings. The van der Waals surface area contributed by atoms with Crippen LogP contribution in [0.1, 0.15) is 39.5 Å². The monoisotopic (exact) mass is 180 g/mol. The first kappa shape index (κ1) is 8.28. The lowest BCUT2D eigenvalue weighted by molar-refractivity contribution is 0.134. The Labute approximate surface area is 80.5 Å². The summed E-state index contributed by atoms with van der Waals surface area (Å²) in [7, 11) is 0. The van der Waals surface area contributed by atoms with Crippen molar-refractivity contribution in [1.29, 1.82) is 0 Å². The van der Waals surface area contributed by atoms with E-state index in [2.05, 4.69) is 13.8 Å². The fourth-order valence-electron chi connectivity index (χ4n) is 4.95. The van der Waals surface area contributed by atoms with Gasteiger partial charge in [0.25, 0.3) is 0 Å². The van der Waals surface area contributed by atoms with Crippen LogP contribution in [0.4, 0.5) is 0 Å². The summed E-state index contributed by atoms with van der Waals surface area (Å²) in [5.74, 6) is 3.14. The Kier molecular flexibility index (Phi) is 1.36. The predicted octanol–water partition coefficient (Wildman–Crippen LogP) is 2.44. The molecule has 1 nitrogen and oxygen atoms in total. The molecule has 1 N–H and O–H groups in total. The Hall–Kier alpha value is -0.0400. The van der Waals surface area contributed by atoms with Crippen molar-refractivity contribution >= 4 is 0 Å². The standard InChI is InChI=1S/C12H20O/c1-11(4-3-5-13)8-6-9-10(7-8)12(9,11)2/h8-10,13H,3-7H2,1-2H3/t8?,9-,10+,11-,12?/m0/s1. The number of aliphatic hydroxyl groups excluding tert-OH is 1. The normalized spacial score (nSPS) is 61.6. The minimum absolute atomic E-state index is 0.383. The Bertz CT molecular complexity index is 236. The SMILES string of the molecule is CC12[C@@H]3CC(C[C@@H]31)[C@]2(C)CCCO. The molecule has 0 spiro atoms. The zero-order valence-corrected chi connectivity index (χ0v) is 8.71. The highest BCUT2D eigenvalue weighted by Crippen LogP contribution is 2.86. The molecule has 5 atom stereocenters. The number of aliphatic hydroxyl groups is 1. The highest BCUT2D eigenvalue weighted by atomic mass is 16.2. The molecule has 1 heteroatoms. The minimum atomic E-state index is 0.383. The van der Waals surface area contributed by atoms with Gasteiger partial charge in [0.05, 0.1) is 0 Å². The Morgan fingerprint density at radius 2 is 1.85 bits per heavy atom. The van der Waals surface area contributed by atoms with Gasteiger partial charge in [-0.05, 0) is 54.3 Å². The summed E-state index contributed by atoms with van der Waals surface area (Å²) < 4.78 is 0. The molecule has 2 unspecified atom stereocenters. The summed E-state index contributed by atoms with van der Waals surface area (Å²) in [6, 6.07) is 0. The van der Waals surface area contributed by atoms with Crippen molar-refractivity contribution in [2.45, 2.75) is 39.5 Å². The van der Waals surface area contributed by atoms with E-state index in [1.165, 1.54) is 19.3 Å². The average Bonchev–Trinajstić information content (AvgIpc) is 2.54. The van der Waals surface area contributed by atoms with Gasteiger partial charge >= 0.3 is 0 Å². The maximum atomic E-state index is 8.92. The Morgan fingerprint density at radius 3 is 2.23 bits per heavy atom. The third-order valence-corrected chi connectivity index (χ3v) is 5.98. The molecule has 0 radical (unpaired) electrons. The lowest BCUT2D eigenvalue weighted by Gasteiger charge is -2.34. The molecular formula is C12H20O. The topological polar surface area (TPSA) is 20.2 Å². The van der Waals surface area contributed by atoms with E-state index in [1.807, 2.05) is 0 Å². The van der Waals surface area contributed by atoms with Gasteiger partial charge in [-0.2, -0.15) is 0 Å². The van der Waals surface area contributed by atoms with Crippen LogP contribution in [-0.2, 0) is 0 Å². The van der Waals surface area contributed by atoms with Crippen LogP contribution in [0.3, 0.4) is 0 Å². The van der Waals surface area contributed by atoms with Crippen LogP contribution in [0, 0.1) is 28.6 Å². The van der Waals surface area contributed by atoms with Gasteiger partial charge < -0.3 is 5.11 Å². The van der Waals surface area contributed by atoms with Crippen LogP contribution in [0.5, 0.6) is 0 Å². The molecule has 4 saturated carbocycles. The minimum Gasteiger partial charge on any atom is -0.396 e. The third kappa shape index (κ3) is 0.674. The molecule has 0 aliphatic heterocycles. The molecule has 4 bridgehead atoms. The molecule has 4 rings (SSSR count). The van der Waals surface area contributed by atoms with Crippen molar-refractivity contribution in [2.75, 3.05) is 6.61 Å². The van der Waals surface area contributed by atoms with Crippen LogP contribution in [-0.4, -0.2) is 11.7 Å². The van der Waals surface area contributed by atoms with E-state index in [0.717, 1.165) is 24.2 Å². The lowest BCUT2D eigenvalue weighted by Crippen LogP contribution is -2.27. The van der Waals surface area contributed by atoms with Crippen LogP contribution in [0.15, 0.2) is 0 Å². The lowest BCUT2D eigenvalue weighted by atomic mass is 9.71. The van der Waals surface area contributed by atoms with E-state index in [0.29, 0.717) is 17.4 Å². The van der Waals surface area contributed by atoms with E-state index in [9.17, 15) is 0 Å². The molecule has 0 heterocycles. The van der Waals surface area contributed by atoms with Crippen LogP contribution < -0.4 is 0 Å². The van der Waals surface area contributed by atoms with E-state index < -0.39 is 0 Å². The van der Waals surface area contributed by atoms with Gasteiger partial charge in [-0.15, -0.1) is 0 Å². The molecule has 4 fully saturated rings. The van der Waals surface area contributed by atoms with Crippen molar-refractivity contribution in [3.8, 4) is 0 Å². The van der Waals surface area contributed by atoms with Gasteiger partial charge in [0.15, 0.2) is 0 Å². The quantitative estimate of drug-likeness (QED) is 0.707. The number of hydrogen-bond acceptors (Lipinski definition) is 1. The van der Waals surface area contributed by atoms with Crippen molar-refractivity contribution in [3.63, 3.8) is 0 Å². The molecule has 0 amide bonds. The van der Waals surface area contributed by atoms with E-state index in [-0.39, 0.29) is 0 Å². The second-order valence-corrected chi connectivity index (χ2v) is 5.91. The summed E-state index contributed by atoms with van der Waals surface area (Å²) >= 11 is 0. The zero-order valence-electron chi connectivity index (χ0n) is 8.71. The smallest absolute Gasteiger partial charge is 0.0431 e. The zero-order chi connectivity index (χ0) is 9.27. The van der Waals surface area contributed by atoms with Gasteiger partial charge in [-0.25, -0.2) is 0 Å². The van der Waals surface area contributed by atoms with Crippen LogP contribution >= 0.6 is 0 Å². The van der Waals surface area contributed by atoms with E-state index >= 15 is 0 Å². The maximum Gasteiger partial charge on any atom is 0.0431 e. The highest BCUT2D eigenvalue weighted by molar-refractivity contribution is 5.28. The molecule has 0 aromatic heterocycles. The van der Waals surface area contributed by atoms with Crippen molar-refractivity contribution in [2.24, 2.45) is 28.6 Å². The van der Waals surface area contributed by atoms with Crippen molar-refractivity contribution < 1.29 is 5.11 Å². The van der Waals surface area contributed by atoms with Crippen LogP contribution in [0.2, 0.25) is 0 Å². The molecule has 0 aromatic rings. The first-order valence-electron chi connectivity index (χ1n) is 5.75. The van der Waals surface area contributed by atoms with E-state index in [1.54, 1.807) is 0 Å². The van der Waals surface area contributed by atoms with Gasteiger partial charge in [-0.3, -0.25) is 0 Å². The first-order valence-corrected chi connectivity index (χ1v) is 5.75. The molecule has 0 aromatic carbocycles. The molecule has 74 valence electrons. The summed E-state index contributed by atoms with van der Waals surface area (Å²) in [4.78, 5) is 0. The maximum absolute atomic E-state index is 8.92. The van der Waals surface area contributed by atoms with Gasteiger partial charge in [0.2, 0.25) is 0 Å². The molecular weight excluding hydrogens is 160 g/mol. The second-order valence-electron chi connectivity index (χ2n) is 5.91. The molecule has 13 heavy (non-hydrogen) atoms. The number of hydrogen-bond donors (Lipinski definition) is 1. The number of rotatable bonds is 3. The first-order chi connectivity index (χ1) is 6.14. The largest absolute Gasteiger partial charge is 0.396 e. The fourth-order valence-corrected chi connectivity index (χ4v) is 4.95. The summed E-state index contributed by atoms with van der Waals surface area (Å²) in [5, 5.41) is 8.92. The van der Waals surface area contributed by atoms with Crippen LogP contribution in [0.25, 0.3) is 0 Å². The average molecular weight is 180 g/mol. The third-order valence-electron chi connectivity index (χ3n) is 5.98. The summed E-state index contributed by atoms with van der Waals surface area (Å²) in [6.07, 6.45) is 5.28. The molecule has 0 saturated heterocycles. The van der Waals surface area contributed by atoms with Gasteiger partial charge in [-0.1, -0.05) is 13.8 Å². The second kappa shape index (κ2) is 2.13. The van der Waals surface area contributed by atoms with Crippen molar-refractivity contribution in [1.82, 2.24) is 0 Å². The van der Waals surface area contributed by atoms with E-state index in [4.69, 9.17) is 5.11 Å². The van der Waals surface area contributed by atoms with Gasteiger partial charge in [0, 0.05) is 6.61 Å². The summed E-state index contributed by atoms with van der Waals surface area (Å²) in [5.41, 5.74) is 1.28. The fraction of sp³-hybridized carbons (Fsp3) is 1.00. The predicted molar refractivity (Wildman–Crippen MR) is 52.2 cm³/mol. The summed E-state index contributed by atoms with van der Waals surface area (Å²) in [6.45, 7) is 5.38. The Balaban J connectivity index is 1.84.